The van der Waals surface area contributed by atoms with Gasteiger partial charge in [0, 0.05) is 19.3 Å². The van der Waals surface area contributed by atoms with Crippen LogP contribution in [0.25, 0.3) is 0 Å². The van der Waals surface area contributed by atoms with Crippen LogP contribution in [0.4, 0.5) is 0 Å². The molecule has 2 heterocycles. The quantitative estimate of drug-likeness (QED) is 0.576. The predicted octanol–water partition coefficient (Wildman–Crippen LogP) is 1.16. The van der Waals surface area contributed by atoms with E-state index in [2.05, 4.69) is 27.6 Å². The highest BCUT2D eigenvalue weighted by Gasteiger charge is 2.18. The number of ether oxygens (including phenoxy) is 1. The fourth-order valence-corrected chi connectivity index (χ4v) is 1.77. The van der Waals surface area contributed by atoms with Crippen molar-refractivity contribution in [1.82, 2.24) is 9.88 Å². The molecule has 0 radical (unpaired) electrons. The first-order valence-electron chi connectivity index (χ1n) is 4.76. The van der Waals surface area contributed by atoms with Gasteiger partial charge in [-0.05, 0) is 34.7 Å². The molecule has 0 spiro atoms. The van der Waals surface area contributed by atoms with E-state index >= 15 is 0 Å². The van der Waals surface area contributed by atoms with Gasteiger partial charge in [-0.15, -0.1) is 0 Å². The van der Waals surface area contributed by atoms with E-state index in [0.717, 1.165) is 3.70 Å². The molecule has 1 aliphatic rings. The lowest BCUT2D eigenvalue weighted by Gasteiger charge is -2.26. The third kappa shape index (κ3) is 2.66. The van der Waals surface area contributed by atoms with E-state index in [0.29, 0.717) is 31.9 Å². The Kier molecular flexibility index (Phi) is 3.53. The topological polar surface area (TPSA) is 42.4 Å². The van der Waals surface area contributed by atoms with Gasteiger partial charge in [0.1, 0.15) is 3.70 Å². The van der Waals surface area contributed by atoms with Crippen LogP contribution in [0.3, 0.4) is 0 Å². The lowest BCUT2D eigenvalue weighted by atomic mass is 10.2. The Hall–Kier alpha value is -0.690. The Morgan fingerprint density at radius 1 is 1.40 bits per heavy atom. The molecule has 0 aromatic carbocycles. The molecule has 4 nitrogen and oxygen atoms in total. The van der Waals surface area contributed by atoms with Crippen LogP contribution in [0.15, 0.2) is 18.3 Å². The molecule has 0 bridgehead atoms. The molecule has 1 aliphatic heterocycles. The first-order chi connectivity index (χ1) is 7.27. The second-order valence-electron chi connectivity index (χ2n) is 3.27. The van der Waals surface area contributed by atoms with E-state index < -0.39 is 0 Å². The summed E-state index contributed by atoms with van der Waals surface area (Å²) in [5.41, 5.74) is 0.650. The van der Waals surface area contributed by atoms with Gasteiger partial charge in [-0.2, -0.15) is 0 Å². The van der Waals surface area contributed by atoms with Crippen LogP contribution in [0.2, 0.25) is 0 Å². The number of hydrogen-bond acceptors (Lipinski definition) is 3. The maximum Gasteiger partial charge on any atom is 0.255 e. The summed E-state index contributed by atoms with van der Waals surface area (Å²) in [6, 6.07) is 3.65. The molecule has 0 N–H and O–H groups in total. The zero-order chi connectivity index (χ0) is 10.7. The van der Waals surface area contributed by atoms with Gasteiger partial charge in [-0.1, -0.05) is 0 Å². The number of pyridine rings is 1. The van der Waals surface area contributed by atoms with Gasteiger partial charge in [0.05, 0.1) is 18.8 Å². The van der Waals surface area contributed by atoms with Gasteiger partial charge in [0.2, 0.25) is 0 Å². The molecule has 0 unspecified atom stereocenters. The van der Waals surface area contributed by atoms with E-state index in [-0.39, 0.29) is 5.91 Å². The Balaban J connectivity index is 2.09. The van der Waals surface area contributed by atoms with Crippen molar-refractivity contribution in [1.29, 1.82) is 0 Å². The monoisotopic (exact) mass is 318 g/mol. The van der Waals surface area contributed by atoms with Gasteiger partial charge < -0.3 is 9.64 Å². The van der Waals surface area contributed by atoms with E-state index in [1.807, 2.05) is 12.1 Å². The van der Waals surface area contributed by atoms with Crippen molar-refractivity contribution in [3.8, 4) is 0 Å². The summed E-state index contributed by atoms with van der Waals surface area (Å²) < 4.78 is 6.09. The molecule has 1 aromatic rings. The molecule has 5 heteroatoms. The number of aromatic nitrogens is 1. The summed E-state index contributed by atoms with van der Waals surface area (Å²) in [5, 5.41) is 0. The third-order valence-electron chi connectivity index (χ3n) is 2.27. The summed E-state index contributed by atoms with van der Waals surface area (Å²) in [6.07, 6.45) is 1.62. The van der Waals surface area contributed by atoms with Gasteiger partial charge in [0.25, 0.3) is 5.91 Å². The number of morpholine rings is 1. The van der Waals surface area contributed by atoms with Crippen LogP contribution >= 0.6 is 22.6 Å². The van der Waals surface area contributed by atoms with E-state index in [1.54, 1.807) is 11.1 Å². The zero-order valence-corrected chi connectivity index (χ0v) is 10.3. The lowest BCUT2D eigenvalue weighted by molar-refractivity contribution is 0.0302. The molecule has 0 aliphatic carbocycles. The average Bonchev–Trinajstić information content (AvgIpc) is 2.30. The van der Waals surface area contributed by atoms with Crippen molar-refractivity contribution in [2.45, 2.75) is 0 Å². The Morgan fingerprint density at radius 2 is 2.13 bits per heavy atom. The fourth-order valence-electron chi connectivity index (χ4n) is 1.45. The second kappa shape index (κ2) is 4.89. The molecular weight excluding hydrogens is 307 g/mol. The molecule has 1 fully saturated rings. The Labute approximate surface area is 102 Å². The molecule has 0 atom stereocenters. The van der Waals surface area contributed by atoms with Crippen LogP contribution < -0.4 is 0 Å². The van der Waals surface area contributed by atoms with Gasteiger partial charge >= 0.3 is 0 Å². The number of rotatable bonds is 1. The predicted molar refractivity (Wildman–Crippen MR) is 63.7 cm³/mol. The maximum absolute atomic E-state index is 11.9. The largest absolute Gasteiger partial charge is 0.378 e. The molecule has 2 rings (SSSR count). The molecule has 15 heavy (non-hydrogen) atoms. The number of nitrogens with zero attached hydrogens (tertiary/aromatic N) is 2. The normalized spacial score (nSPS) is 16.5. The standard InChI is InChI=1S/C10H11IN2O2/c11-9-2-1-8(7-12-9)10(14)13-3-5-15-6-4-13/h1-2,7H,3-6H2. The Morgan fingerprint density at radius 3 is 2.73 bits per heavy atom. The number of carbonyl (C=O) groups excluding carboxylic acids is 1. The molecular formula is C10H11IN2O2. The van der Waals surface area contributed by atoms with Crippen LogP contribution in [0, 0.1) is 3.70 Å². The van der Waals surface area contributed by atoms with Crippen LogP contribution in [0.5, 0.6) is 0 Å². The lowest BCUT2D eigenvalue weighted by Crippen LogP contribution is -2.40. The van der Waals surface area contributed by atoms with Crippen molar-refractivity contribution in [2.24, 2.45) is 0 Å². The summed E-state index contributed by atoms with van der Waals surface area (Å²) in [6.45, 7) is 2.60. The van der Waals surface area contributed by atoms with Crippen LogP contribution in [0.1, 0.15) is 10.4 Å². The fraction of sp³-hybridized carbons (Fsp3) is 0.400. The molecule has 1 saturated heterocycles. The molecule has 0 saturated carbocycles. The molecule has 1 amide bonds. The van der Waals surface area contributed by atoms with Gasteiger partial charge in [-0.25, -0.2) is 4.98 Å². The van der Waals surface area contributed by atoms with Crippen LogP contribution in [-0.4, -0.2) is 42.1 Å². The van der Waals surface area contributed by atoms with E-state index in [1.165, 1.54) is 0 Å². The van der Waals surface area contributed by atoms with E-state index in [4.69, 9.17) is 4.74 Å². The van der Waals surface area contributed by atoms with Crippen LogP contribution in [-0.2, 0) is 4.74 Å². The SMILES string of the molecule is O=C(c1ccc(I)nc1)N1CCOCC1. The zero-order valence-electron chi connectivity index (χ0n) is 8.15. The smallest absolute Gasteiger partial charge is 0.255 e. The summed E-state index contributed by atoms with van der Waals surface area (Å²) in [4.78, 5) is 17.8. The molecule has 80 valence electrons. The third-order valence-corrected chi connectivity index (χ3v) is 2.91. The van der Waals surface area contributed by atoms with Gasteiger partial charge in [-0.3, -0.25) is 4.79 Å². The Bertz CT molecular complexity index is 347. The minimum Gasteiger partial charge on any atom is -0.378 e. The average molecular weight is 318 g/mol. The maximum atomic E-state index is 11.9. The minimum absolute atomic E-state index is 0.0437. The second-order valence-corrected chi connectivity index (χ2v) is 4.38. The highest BCUT2D eigenvalue weighted by molar-refractivity contribution is 14.1. The van der Waals surface area contributed by atoms with Crippen molar-refractivity contribution >= 4 is 28.5 Å². The first-order valence-corrected chi connectivity index (χ1v) is 5.84. The highest BCUT2D eigenvalue weighted by Crippen LogP contribution is 2.08. The highest BCUT2D eigenvalue weighted by atomic mass is 127. The van der Waals surface area contributed by atoms with Gasteiger partial charge in [0.15, 0.2) is 0 Å². The van der Waals surface area contributed by atoms with Crippen molar-refractivity contribution < 1.29 is 9.53 Å². The van der Waals surface area contributed by atoms with E-state index in [9.17, 15) is 4.79 Å². The van der Waals surface area contributed by atoms with Crippen molar-refractivity contribution in [2.75, 3.05) is 26.3 Å². The minimum atomic E-state index is 0.0437. The first kappa shape index (κ1) is 10.8. The summed E-state index contributed by atoms with van der Waals surface area (Å²) >= 11 is 2.12. The number of halogens is 1. The number of hydrogen-bond donors (Lipinski definition) is 0. The summed E-state index contributed by atoms with van der Waals surface area (Å²) in [5.74, 6) is 0.0437. The van der Waals surface area contributed by atoms with Crippen molar-refractivity contribution in [3.63, 3.8) is 0 Å². The number of amides is 1. The number of carbonyl (C=O) groups is 1. The summed E-state index contributed by atoms with van der Waals surface area (Å²) in [7, 11) is 0. The van der Waals surface area contributed by atoms with Crippen molar-refractivity contribution in [3.05, 3.63) is 27.6 Å². The molecule has 1 aromatic heterocycles.